The Morgan fingerprint density at radius 3 is 2.75 bits per heavy atom. The molecule has 0 saturated heterocycles. The lowest BCUT2D eigenvalue weighted by atomic mass is 10.2. The van der Waals surface area contributed by atoms with E-state index in [4.69, 9.17) is 15.1 Å². The van der Waals surface area contributed by atoms with Gasteiger partial charge in [0.05, 0.1) is 26.2 Å². The summed E-state index contributed by atoms with van der Waals surface area (Å²) in [5, 5.41) is 20.5. The van der Waals surface area contributed by atoms with Crippen molar-refractivity contribution in [2.24, 2.45) is 0 Å². The second-order valence-electron chi connectivity index (χ2n) is 4.22. The van der Waals surface area contributed by atoms with Gasteiger partial charge in [-0.2, -0.15) is 5.26 Å². The average molecular weight is 277 g/mol. The molecule has 20 heavy (non-hydrogen) atoms. The number of hydrogen-bond acceptors (Lipinski definition) is 5. The van der Waals surface area contributed by atoms with Crippen LogP contribution in [0.25, 0.3) is 0 Å². The molecule has 0 atom stereocenters. The van der Waals surface area contributed by atoms with Crippen molar-refractivity contribution in [2.75, 3.05) is 37.0 Å². The van der Waals surface area contributed by atoms with E-state index >= 15 is 0 Å². The highest BCUT2D eigenvalue weighted by Crippen LogP contribution is 2.27. The van der Waals surface area contributed by atoms with Gasteiger partial charge in [-0.15, -0.1) is 0 Å². The van der Waals surface area contributed by atoms with Crippen molar-refractivity contribution < 1.29 is 14.6 Å². The topological polar surface area (TPSA) is 85.6 Å². The molecule has 0 heterocycles. The molecule has 0 aliphatic carbocycles. The number of carbonyl (C=O) groups excluding carboxylic acids is 1. The Bertz CT molecular complexity index is 497. The van der Waals surface area contributed by atoms with Crippen molar-refractivity contribution in [3.8, 4) is 11.8 Å². The molecule has 108 valence electrons. The molecule has 6 nitrogen and oxygen atoms in total. The predicted octanol–water partition coefficient (Wildman–Crippen LogP) is 1.37. The van der Waals surface area contributed by atoms with Gasteiger partial charge in [0.1, 0.15) is 5.75 Å². The molecule has 0 aliphatic rings. The van der Waals surface area contributed by atoms with Crippen molar-refractivity contribution in [3.05, 3.63) is 18.2 Å². The zero-order valence-corrected chi connectivity index (χ0v) is 11.7. The molecule has 0 spiro atoms. The van der Waals surface area contributed by atoms with Crippen LogP contribution in [0.4, 0.5) is 11.4 Å². The van der Waals surface area contributed by atoms with E-state index in [1.807, 2.05) is 4.90 Å². The zero-order valence-electron chi connectivity index (χ0n) is 11.7. The van der Waals surface area contributed by atoms with Gasteiger partial charge in [0.15, 0.2) is 0 Å². The molecular weight excluding hydrogens is 258 g/mol. The molecule has 0 aliphatic heterocycles. The van der Waals surface area contributed by atoms with Gasteiger partial charge in [-0.1, -0.05) is 0 Å². The van der Waals surface area contributed by atoms with Crippen LogP contribution in [0.3, 0.4) is 0 Å². The van der Waals surface area contributed by atoms with E-state index in [-0.39, 0.29) is 12.5 Å². The van der Waals surface area contributed by atoms with Gasteiger partial charge >= 0.3 is 0 Å². The Morgan fingerprint density at radius 1 is 1.45 bits per heavy atom. The number of aliphatic hydroxyl groups excluding tert-OH is 1. The molecule has 0 saturated carbocycles. The molecule has 1 aromatic rings. The number of amides is 1. The van der Waals surface area contributed by atoms with Crippen LogP contribution in [-0.2, 0) is 4.79 Å². The van der Waals surface area contributed by atoms with E-state index in [9.17, 15) is 4.79 Å². The molecule has 6 heteroatoms. The molecule has 0 unspecified atom stereocenters. The number of hydrogen-bond donors (Lipinski definition) is 2. The summed E-state index contributed by atoms with van der Waals surface area (Å²) in [6.07, 6.45) is 0.354. The summed E-state index contributed by atoms with van der Waals surface area (Å²) in [7, 11) is 1.54. The van der Waals surface area contributed by atoms with Crippen molar-refractivity contribution in [1.82, 2.24) is 0 Å². The minimum atomic E-state index is -0.171. The molecule has 1 rings (SSSR count). The van der Waals surface area contributed by atoms with E-state index in [2.05, 4.69) is 11.4 Å². The summed E-state index contributed by atoms with van der Waals surface area (Å²) in [6, 6.07) is 7.38. The fraction of sp³-hybridized carbons (Fsp3) is 0.429. The highest BCUT2D eigenvalue weighted by molar-refractivity contribution is 5.89. The van der Waals surface area contributed by atoms with Crippen molar-refractivity contribution in [2.45, 2.75) is 13.3 Å². The minimum absolute atomic E-state index is 0.0158. The maximum Gasteiger partial charge on any atom is 0.221 e. The second-order valence-corrected chi connectivity index (χ2v) is 4.22. The van der Waals surface area contributed by atoms with E-state index in [1.165, 1.54) is 6.92 Å². The van der Waals surface area contributed by atoms with E-state index < -0.39 is 0 Å². The van der Waals surface area contributed by atoms with E-state index in [1.54, 1.807) is 25.3 Å². The quantitative estimate of drug-likeness (QED) is 0.786. The SMILES string of the molecule is COc1cc(NC(C)=O)cc(N(CCO)CCC#N)c1. The predicted molar refractivity (Wildman–Crippen MR) is 76.8 cm³/mol. The summed E-state index contributed by atoms with van der Waals surface area (Å²) in [6.45, 7) is 2.33. The molecule has 0 aromatic heterocycles. The van der Waals surface area contributed by atoms with Gasteiger partial charge in [-0.25, -0.2) is 0 Å². The smallest absolute Gasteiger partial charge is 0.221 e. The first kappa shape index (κ1) is 15.8. The third-order valence-corrected chi connectivity index (χ3v) is 2.68. The average Bonchev–Trinajstić information content (AvgIpc) is 2.42. The molecule has 1 amide bonds. The van der Waals surface area contributed by atoms with E-state index in [0.29, 0.717) is 30.9 Å². The van der Waals surface area contributed by atoms with Gasteiger partial charge in [-0.05, 0) is 6.07 Å². The number of nitrogens with one attached hydrogen (secondary N) is 1. The maximum absolute atomic E-state index is 11.1. The normalized spacial score (nSPS) is 9.70. The summed E-state index contributed by atoms with van der Waals surface area (Å²) in [4.78, 5) is 13.0. The minimum Gasteiger partial charge on any atom is -0.497 e. The van der Waals surface area contributed by atoms with Crippen LogP contribution in [0.1, 0.15) is 13.3 Å². The standard InChI is InChI=1S/C14H19N3O3/c1-11(19)16-12-8-13(10-14(9-12)20-2)17(6-7-18)5-3-4-15/h8-10,18H,3,5-7H2,1-2H3,(H,16,19). The number of rotatable bonds is 7. The van der Waals surface area contributed by atoms with Crippen LogP contribution >= 0.6 is 0 Å². The molecule has 0 fully saturated rings. The first-order valence-electron chi connectivity index (χ1n) is 6.30. The maximum atomic E-state index is 11.1. The fourth-order valence-electron chi connectivity index (χ4n) is 1.83. The number of aliphatic hydroxyl groups is 1. The lowest BCUT2D eigenvalue weighted by Gasteiger charge is -2.24. The van der Waals surface area contributed by atoms with Gasteiger partial charge in [0.25, 0.3) is 0 Å². The first-order chi connectivity index (χ1) is 9.60. The third kappa shape index (κ3) is 4.78. The Morgan fingerprint density at radius 2 is 2.20 bits per heavy atom. The highest BCUT2D eigenvalue weighted by Gasteiger charge is 2.10. The number of ether oxygens (including phenoxy) is 1. The van der Waals surface area contributed by atoms with Crippen LogP contribution in [0, 0.1) is 11.3 Å². The van der Waals surface area contributed by atoms with Crippen LogP contribution in [-0.4, -0.2) is 37.8 Å². The largest absolute Gasteiger partial charge is 0.497 e. The van der Waals surface area contributed by atoms with Crippen LogP contribution < -0.4 is 15.0 Å². The number of nitrogens with zero attached hydrogens (tertiary/aromatic N) is 2. The van der Waals surface area contributed by atoms with Gasteiger partial charge in [-0.3, -0.25) is 4.79 Å². The lowest BCUT2D eigenvalue weighted by Crippen LogP contribution is -2.27. The van der Waals surface area contributed by atoms with Crippen molar-refractivity contribution in [3.63, 3.8) is 0 Å². The number of benzene rings is 1. The van der Waals surface area contributed by atoms with Crippen molar-refractivity contribution >= 4 is 17.3 Å². The second kappa shape index (κ2) is 8.02. The fourth-order valence-corrected chi connectivity index (χ4v) is 1.83. The van der Waals surface area contributed by atoms with Crippen molar-refractivity contribution in [1.29, 1.82) is 5.26 Å². The highest BCUT2D eigenvalue weighted by atomic mass is 16.5. The summed E-state index contributed by atoms with van der Waals surface area (Å²) in [5.74, 6) is 0.432. The first-order valence-corrected chi connectivity index (χ1v) is 6.30. The molecule has 0 bridgehead atoms. The van der Waals surface area contributed by atoms with Crippen LogP contribution in [0.15, 0.2) is 18.2 Å². The summed E-state index contributed by atoms with van der Waals surface area (Å²) in [5.41, 5.74) is 1.41. The number of carbonyl (C=O) groups is 1. The Hall–Kier alpha value is -2.26. The Kier molecular flexibility index (Phi) is 6.33. The molecule has 0 radical (unpaired) electrons. The molecule has 2 N–H and O–H groups in total. The summed E-state index contributed by atoms with van der Waals surface area (Å²) >= 11 is 0. The summed E-state index contributed by atoms with van der Waals surface area (Å²) < 4.78 is 5.20. The third-order valence-electron chi connectivity index (χ3n) is 2.68. The van der Waals surface area contributed by atoms with Gasteiger partial charge in [0, 0.05) is 43.5 Å². The lowest BCUT2D eigenvalue weighted by molar-refractivity contribution is -0.114. The van der Waals surface area contributed by atoms with Crippen LogP contribution in [0.2, 0.25) is 0 Å². The number of methoxy groups -OCH3 is 1. The number of nitriles is 1. The Labute approximate surface area is 118 Å². The Balaban J connectivity index is 3.05. The van der Waals surface area contributed by atoms with E-state index in [0.717, 1.165) is 5.69 Å². The monoisotopic (exact) mass is 277 g/mol. The van der Waals surface area contributed by atoms with Crippen LogP contribution in [0.5, 0.6) is 5.75 Å². The molecular formula is C14H19N3O3. The van der Waals surface area contributed by atoms with Gasteiger partial charge < -0.3 is 20.1 Å². The number of anilines is 2. The zero-order chi connectivity index (χ0) is 15.0. The van der Waals surface area contributed by atoms with Gasteiger partial charge in [0.2, 0.25) is 5.91 Å². The molecule has 1 aromatic carbocycles.